The summed E-state index contributed by atoms with van der Waals surface area (Å²) < 4.78 is 97.9. The third kappa shape index (κ3) is 14.3. The van der Waals surface area contributed by atoms with Crippen LogP contribution >= 0.6 is 0 Å². The van der Waals surface area contributed by atoms with Crippen LogP contribution in [0.25, 0.3) is 0 Å². The number of hydrogen-bond acceptors (Lipinski definition) is 18. The lowest BCUT2D eigenvalue weighted by Crippen LogP contribution is -2.67. The van der Waals surface area contributed by atoms with Crippen molar-refractivity contribution in [2.45, 2.75) is 198 Å². The van der Waals surface area contributed by atoms with Crippen molar-refractivity contribution in [1.82, 2.24) is 0 Å². The highest BCUT2D eigenvalue weighted by Gasteiger charge is 2.61. The molecule has 4 heterocycles. The normalized spacial score (nSPS) is 32.2. The van der Waals surface area contributed by atoms with E-state index < -0.39 is 124 Å². The van der Waals surface area contributed by atoms with Crippen molar-refractivity contribution in [1.29, 1.82) is 0 Å². The Labute approximate surface area is 429 Å². The van der Waals surface area contributed by atoms with Crippen LogP contribution in [0.3, 0.4) is 0 Å². The zero-order valence-electron chi connectivity index (χ0n) is 44.2. The van der Waals surface area contributed by atoms with E-state index in [9.17, 15) is 14.4 Å². The summed E-state index contributed by atoms with van der Waals surface area (Å²) in [5.74, 6) is -2.20. The topological polar surface area (TPSA) is 190 Å². The van der Waals surface area contributed by atoms with Gasteiger partial charge in [-0.15, -0.1) is 0 Å². The molecule has 0 N–H and O–H groups in total. The maximum absolute atomic E-state index is 13.0. The fourth-order valence-corrected chi connectivity index (χ4v) is 10.1. The molecule has 15 atom stereocenters. The Kier molecular flexibility index (Phi) is 18.5. The second-order valence-electron chi connectivity index (χ2n) is 20.8. The molecule has 0 aromatic heterocycles. The van der Waals surface area contributed by atoms with Gasteiger partial charge < -0.3 is 70.7 Å². The summed E-state index contributed by atoms with van der Waals surface area (Å²) in [4.78, 5) is 38.2. The molecule has 4 aliphatic rings. The monoisotopic (exact) mass is 1040 g/mol. The number of hydrogen-bond donors (Lipinski definition) is 0. The molecule has 0 saturated carbocycles. The highest BCUT2D eigenvalue weighted by atomic mass is 28.4. The molecule has 3 aromatic carbocycles. The van der Waals surface area contributed by atoms with Crippen molar-refractivity contribution in [2.24, 2.45) is 0 Å². The lowest BCUT2D eigenvalue weighted by Gasteiger charge is -2.50. The van der Waals surface area contributed by atoms with Gasteiger partial charge in [0.05, 0.1) is 39.1 Å². The van der Waals surface area contributed by atoms with Gasteiger partial charge in [-0.25, -0.2) is 0 Å². The molecule has 0 aliphatic carbocycles. The highest BCUT2D eigenvalue weighted by Crippen LogP contribution is 2.44. The van der Waals surface area contributed by atoms with Crippen LogP contribution in [0.15, 0.2) is 84.9 Å². The van der Waals surface area contributed by atoms with Crippen LogP contribution in [0.1, 0.15) is 80.4 Å². The predicted molar refractivity (Wildman–Crippen MR) is 264 cm³/mol. The SMILES string of the molecule is COc1ccc(O[C@@H]2O[C@H](CO[Si](C)(C)C(C)(C)C)[C@@H]3OC(C)(C)O[C@@H]3[C@H]2O[C@@H]2O[C@@H](C)[C@H](OCc3ccccc3)[C@@H](OCc3ccccc3)[C@H]2O[C@@H]2O[C@@H](C)[C@H](OC(C)=O)[C@@H](OC(C)=O)[C@H]2OC(C)=O)cc1. The molecule has 3 aromatic rings. The van der Waals surface area contributed by atoms with E-state index in [2.05, 4.69) is 33.9 Å². The molecule has 4 fully saturated rings. The van der Waals surface area contributed by atoms with Crippen LogP contribution in [0.2, 0.25) is 18.1 Å². The van der Waals surface area contributed by atoms with Crippen molar-refractivity contribution in [3.05, 3.63) is 96.1 Å². The number of esters is 3. The Balaban J connectivity index is 1.32. The number of methoxy groups -OCH3 is 1. The summed E-state index contributed by atoms with van der Waals surface area (Å²) in [7, 11) is -0.729. The minimum Gasteiger partial charge on any atom is -0.497 e. The van der Waals surface area contributed by atoms with Gasteiger partial charge in [0.25, 0.3) is 0 Å². The number of ether oxygens (including phenoxy) is 14. The Bertz CT molecular complexity index is 2260. The van der Waals surface area contributed by atoms with Gasteiger partial charge in [-0.2, -0.15) is 0 Å². The molecule has 402 valence electrons. The molecular weight excluding hydrogens is 965 g/mol. The molecule has 18 nitrogen and oxygen atoms in total. The molecule has 0 spiro atoms. The summed E-state index contributed by atoms with van der Waals surface area (Å²) in [5.41, 5.74) is 1.74. The second-order valence-corrected chi connectivity index (χ2v) is 25.6. The van der Waals surface area contributed by atoms with Crippen LogP contribution < -0.4 is 9.47 Å². The predicted octanol–water partition coefficient (Wildman–Crippen LogP) is 7.57. The zero-order chi connectivity index (χ0) is 52.8. The van der Waals surface area contributed by atoms with Gasteiger partial charge in [0.2, 0.25) is 6.29 Å². The van der Waals surface area contributed by atoms with Gasteiger partial charge in [0, 0.05) is 20.8 Å². The lowest BCUT2D eigenvalue weighted by molar-refractivity contribution is -0.388. The third-order valence-corrected chi connectivity index (χ3v) is 18.2. The van der Waals surface area contributed by atoms with E-state index in [-0.39, 0.29) is 24.9 Å². The van der Waals surface area contributed by atoms with Gasteiger partial charge >= 0.3 is 17.9 Å². The molecule has 0 radical (unpaired) electrons. The molecule has 73 heavy (non-hydrogen) atoms. The van der Waals surface area contributed by atoms with E-state index >= 15 is 0 Å². The average molecular weight is 1040 g/mol. The fourth-order valence-electron chi connectivity index (χ4n) is 9.08. The fraction of sp³-hybridized carbons (Fsp3) is 0.611. The Hall–Kier alpha value is -4.51. The quantitative estimate of drug-likeness (QED) is 0.0649. The van der Waals surface area contributed by atoms with Gasteiger partial charge in [0.15, 0.2) is 51.1 Å². The minimum atomic E-state index is -2.31. The minimum absolute atomic E-state index is 0.0946. The van der Waals surface area contributed by atoms with E-state index in [4.69, 9.17) is 70.7 Å². The zero-order valence-corrected chi connectivity index (χ0v) is 45.2. The maximum Gasteiger partial charge on any atom is 0.303 e. The van der Waals surface area contributed by atoms with E-state index in [0.29, 0.717) is 11.5 Å². The van der Waals surface area contributed by atoms with E-state index in [1.54, 1.807) is 38.3 Å². The first kappa shape index (κ1) is 56.2. The van der Waals surface area contributed by atoms with Crippen LogP contribution in [0.4, 0.5) is 0 Å². The van der Waals surface area contributed by atoms with Crippen molar-refractivity contribution in [2.75, 3.05) is 13.7 Å². The number of fused-ring (bicyclic) bond motifs is 1. The Morgan fingerprint density at radius 3 is 1.60 bits per heavy atom. The number of rotatable bonds is 19. The summed E-state index contributed by atoms with van der Waals surface area (Å²) in [5, 5.41) is -0.0995. The van der Waals surface area contributed by atoms with E-state index in [1.165, 1.54) is 20.8 Å². The van der Waals surface area contributed by atoms with E-state index in [0.717, 1.165) is 11.1 Å². The smallest absolute Gasteiger partial charge is 0.303 e. The van der Waals surface area contributed by atoms with E-state index in [1.807, 2.05) is 81.4 Å². The van der Waals surface area contributed by atoms with Crippen molar-refractivity contribution < 1.29 is 85.1 Å². The molecular formula is C54H74O18Si. The summed E-state index contributed by atoms with van der Waals surface area (Å²) in [6, 6.07) is 26.3. The molecule has 0 amide bonds. The van der Waals surface area contributed by atoms with Crippen LogP contribution in [-0.2, 0) is 88.9 Å². The Morgan fingerprint density at radius 1 is 0.575 bits per heavy atom. The second kappa shape index (κ2) is 24.0. The third-order valence-electron chi connectivity index (χ3n) is 13.7. The molecule has 19 heteroatoms. The van der Waals surface area contributed by atoms with Gasteiger partial charge in [-0.05, 0) is 81.2 Å². The van der Waals surface area contributed by atoms with Crippen molar-refractivity contribution in [3.8, 4) is 11.5 Å². The first-order chi connectivity index (χ1) is 34.5. The summed E-state index contributed by atoms with van der Waals surface area (Å²) in [6.45, 7) is 22.0. The number of carbonyl (C=O) groups excluding carboxylic acids is 3. The van der Waals surface area contributed by atoms with Gasteiger partial charge in [-0.1, -0.05) is 81.4 Å². The molecule has 0 bridgehead atoms. The van der Waals surface area contributed by atoms with Crippen molar-refractivity contribution in [3.63, 3.8) is 0 Å². The van der Waals surface area contributed by atoms with Crippen LogP contribution in [-0.4, -0.2) is 138 Å². The van der Waals surface area contributed by atoms with Crippen LogP contribution in [0, 0.1) is 0 Å². The standard InChI is InChI=1S/C54H74O18Si/c1-31-41(59-28-36-20-16-14-17-21-36)44(60-29-37-22-18-15-19-23-37)47(69-51-48(66-35(5)57)45(65-34(4)56)42(32(2)63-51)64-33(3)55)50(62-31)70-49-46-43(71-54(9,10)72-46)40(30-61-73(12,13)53(6,7)8)68-52(49)67-39-26-24-38(58-11)25-27-39/h14-27,31-32,40-52H,28-30H2,1-13H3/t31-,32-,40+,41-,42-,43-,44+,45+,46-,47+,48+,49+,50-,51-,52+/m0/s1. The largest absolute Gasteiger partial charge is 0.497 e. The van der Waals surface area contributed by atoms with Gasteiger partial charge in [0.1, 0.15) is 48.1 Å². The first-order valence-corrected chi connectivity index (χ1v) is 27.8. The number of carbonyl (C=O) groups is 3. The molecule has 7 rings (SSSR count). The molecule has 0 unspecified atom stereocenters. The molecule has 4 aliphatic heterocycles. The molecule has 4 saturated heterocycles. The number of benzene rings is 3. The average Bonchev–Trinajstić information content (AvgIpc) is 3.66. The Morgan fingerprint density at radius 2 is 1.05 bits per heavy atom. The van der Waals surface area contributed by atoms with Crippen molar-refractivity contribution >= 4 is 26.2 Å². The van der Waals surface area contributed by atoms with Crippen LogP contribution in [0.5, 0.6) is 11.5 Å². The lowest BCUT2D eigenvalue weighted by atomic mass is 9.96. The summed E-state index contributed by atoms with van der Waals surface area (Å²) in [6.07, 6.45) is -16.3. The summed E-state index contributed by atoms with van der Waals surface area (Å²) >= 11 is 0. The maximum atomic E-state index is 13.0. The van der Waals surface area contributed by atoms with Gasteiger partial charge in [-0.3, -0.25) is 14.4 Å². The highest BCUT2D eigenvalue weighted by molar-refractivity contribution is 6.74. The first-order valence-electron chi connectivity index (χ1n) is 24.9.